The molecule has 212 valence electrons. The molecule has 2 aliphatic rings. The SMILES string of the molecule is Cc1ccc(C2c3cccnc3CN3CC[C@@H](C)CN(Cc4cc(C(F)(F)F)cc(C(F)(F)F)c4)C(=O)C23)cc1. The van der Waals surface area contributed by atoms with E-state index < -0.39 is 35.4 Å². The van der Waals surface area contributed by atoms with Crippen molar-refractivity contribution in [2.75, 3.05) is 13.1 Å². The Morgan fingerprint density at radius 1 is 0.950 bits per heavy atom. The fraction of sp³-hybridized carbons (Fsp3) is 0.400. The van der Waals surface area contributed by atoms with Crippen LogP contribution in [0.25, 0.3) is 0 Å². The lowest BCUT2D eigenvalue weighted by Crippen LogP contribution is -2.56. The predicted molar refractivity (Wildman–Crippen MR) is 137 cm³/mol. The van der Waals surface area contributed by atoms with Crippen molar-refractivity contribution < 1.29 is 31.1 Å². The van der Waals surface area contributed by atoms with Crippen molar-refractivity contribution in [2.45, 2.75) is 57.7 Å². The summed E-state index contributed by atoms with van der Waals surface area (Å²) >= 11 is 0. The highest BCUT2D eigenvalue weighted by atomic mass is 19.4. The molecule has 40 heavy (non-hydrogen) atoms. The van der Waals surface area contributed by atoms with Gasteiger partial charge in [-0.25, -0.2) is 0 Å². The maximum absolute atomic E-state index is 14.3. The first kappa shape index (κ1) is 28.1. The minimum atomic E-state index is -4.96. The molecule has 5 rings (SSSR count). The van der Waals surface area contributed by atoms with Crippen molar-refractivity contribution in [3.63, 3.8) is 0 Å². The van der Waals surface area contributed by atoms with Crippen molar-refractivity contribution >= 4 is 5.91 Å². The molecule has 0 bridgehead atoms. The molecule has 2 aliphatic heterocycles. The number of benzene rings is 2. The summed E-state index contributed by atoms with van der Waals surface area (Å²) in [4.78, 5) is 22.4. The van der Waals surface area contributed by atoms with E-state index in [0.717, 1.165) is 22.4 Å². The summed E-state index contributed by atoms with van der Waals surface area (Å²) in [6.07, 6.45) is -7.51. The minimum Gasteiger partial charge on any atom is -0.337 e. The molecule has 2 unspecified atom stereocenters. The molecule has 0 spiro atoms. The highest BCUT2D eigenvalue weighted by molar-refractivity contribution is 5.84. The normalized spacial score (nSPS) is 22.4. The number of alkyl halides is 6. The van der Waals surface area contributed by atoms with Crippen molar-refractivity contribution in [2.24, 2.45) is 5.92 Å². The minimum absolute atomic E-state index is 0.0132. The summed E-state index contributed by atoms with van der Waals surface area (Å²) in [5, 5.41) is 0. The van der Waals surface area contributed by atoms with Gasteiger partial charge in [-0.15, -0.1) is 0 Å². The molecule has 1 saturated heterocycles. The first-order valence-electron chi connectivity index (χ1n) is 13.1. The zero-order valence-corrected chi connectivity index (χ0v) is 22.1. The van der Waals surface area contributed by atoms with Crippen molar-refractivity contribution in [1.82, 2.24) is 14.8 Å². The summed E-state index contributed by atoms with van der Waals surface area (Å²) in [7, 11) is 0. The monoisotopic (exact) mass is 561 g/mol. The third kappa shape index (κ3) is 5.73. The van der Waals surface area contributed by atoms with Gasteiger partial charge in [0.25, 0.3) is 0 Å². The topological polar surface area (TPSA) is 36.4 Å². The number of rotatable bonds is 3. The van der Waals surface area contributed by atoms with Crippen LogP contribution in [-0.4, -0.2) is 39.8 Å². The first-order chi connectivity index (χ1) is 18.8. The summed E-state index contributed by atoms with van der Waals surface area (Å²) in [6, 6.07) is 12.4. The van der Waals surface area contributed by atoms with Crippen LogP contribution in [0.1, 0.15) is 58.3 Å². The molecule has 4 nitrogen and oxygen atoms in total. The predicted octanol–water partition coefficient (Wildman–Crippen LogP) is 6.81. The molecule has 2 aromatic carbocycles. The Morgan fingerprint density at radius 2 is 1.60 bits per heavy atom. The van der Waals surface area contributed by atoms with Crippen molar-refractivity contribution in [1.29, 1.82) is 0 Å². The standard InChI is InChI=1S/C30H29F6N3O/c1-18-5-7-21(8-6-18)26-24-4-3-10-37-25(24)17-38-11-9-19(2)15-39(28(40)27(26)38)16-20-12-22(29(31,32)33)14-23(13-20)30(34,35)36/h3-8,10,12-14,19,26-27H,9,11,15-17H2,1-2H3/t19-,26?,27?/m1/s1. The average molecular weight is 562 g/mol. The number of halogens is 6. The van der Waals surface area contributed by atoms with Gasteiger partial charge < -0.3 is 4.90 Å². The fourth-order valence-corrected chi connectivity index (χ4v) is 5.79. The fourth-order valence-electron chi connectivity index (χ4n) is 5.79. The van der Waals surface area contributed by atoms with Gasteiger partial charge in [0.05, 0.1) is 16.8 Å². The van der Waals surface area contributed by atoms with Gasteiger partial charge in [-0.3, -0.25) is 14.7 Å². The van der Waals surface area contributed by atoms with E-state index in [2.05, 4.69) is 9.88 Å². The molecule has 0 aliphatic carbocycles. The number of carbonyl (C=O) groups is 1. The Kier molecular flexibility index (Phi) is 7.41. The highest BCUT2D eigenvalue weighted by Gasteiger charge is 2.44. The molecule has 10 heteroatoms. The number of carbonyl (C=O) groups excluding carboxylic acids is 1. The molecule has 3 atom stereocenters. The molecular formula is C30H29F6N3O. The van der Waals surface area contributed by atoms with Gasteiger partial charge in [0.1, 0.15) is 6.04 Å². The zero-order chi connectivity index (χ0) is 28.8. The third-order valence-corrected chi connectivity index (χ3v) is 7.79. The van der Waals surface area contributed by atoms with E-state index >= 15 is 0 Å². The van der Waals surface area contributed by atoms with Crippen LogP contribution in [-0.2, 0) is 30.2 Å². The van der Waals surface area contributed by atoms with E-state index in [-0.39, 0.29) is 36.5 Å². The second-order valence-electron chi connectivity index (χ2n) is 10.9. The number of nitrogens with zero attached hydrogens (tertiary/aromatic N) is 3. The second-order valence-corrected chi connectivity index (χ2v) is 10.9. The van der Waals surface area contributed by atoms with Crippen LogP contribution in [0.4, 0.5) is 26.3 Å². The lowest BCUT2D eigenvalue weighted by Gasteiger charge is -2.45. The van der Waals surface area contributed by atoms with E-state index in [1.807, 2.05) is 50.2 Å². The van der Waals surface area contributed by atoms with Crippen LogP contribution in [0.3, 0.4) is 0 Å². The van der Waals surface area contributed by atoms with Crippen LogP contribution in [0.5, 0.6) is 0 Å². The molecule has 0 saturated carbocycles. The van der Waals surface area contributed by atoms with E-state index in [4.69, 9.17) is 0 Å². The van der Waals surface area contributed by atoms with Gasteiger partial charge in [-0.1, -0.05) is 42.8 Å². The molecule has 1 aromatic heterocycles. The summed E-state index contributed by atoms with van der Waals surface area (Å²) in [5.74, 6) is -0.730. The maximum atomic E-state index is 14.3. The average Bonchev–Trinajstić information content (AvgIpc) is 2.89. The smallest absolute Gasteiger partial charge is 0.337 e. The number of pyridine rings is 1. The molecular weight excluding hydrogens is 532 g/mol. The Bertz CT molecular complexity index is 1350. The van der Waals surface area contributed by atoms with E-state index in [0.29, 0.717) is 31.6 Å². The summed E-state index contributed by atoms with van der Waals surface area (Å²) in [5.41, 5.74) is 0.711. The van der Waals surface area contributed by atoms with E-state index in [9.17, 15) is 31.1 Å². The lowest BCUT2D eigenvalue weighted by molar-refractivity contribution is -0.143. The van der Waals surface area contributed by atoms with Gasteiger partial charge in [0.2, 0.25) is 5.91 Å². The van der Waals surface area contributed by atoms with Crippen LogP contribution >= 0.6 is 0 Å². The molecule has 0 N–H and O–H groups in total. The quantitative estimate of drug-likeness (QED) is 0.330. The molecule has 3 aromatic rings. The molecule has 1 amide bonds. The van der Waals surface area contributed by atoms with Gasteiger partial charge in [0, 0.05) is 31.7 Å². The maximum Gasteiger partial charge on any atom is 0.416 e. The highest BCUT2D eigenvalue weighted by Crippen LogP contribution is 2.41. The number of amides is 1. The number of fused-ring (bicyclic) bond motifs is 2. The zero-order valence-electron chi connectivity index (χ0n) is 22.1. The molecule has 1 fully saturated rings. The summed E-state index contributed by atoms with van der Waals surface area (Å²) in [6.45, 7) is 4.80. The van der Waals surface area contributed by atoms with Crippen LogP contribution in [0.2, 0.25) is 0 Å². The van der Waals surface area contributed by atoms with Gasteiger partial charge >= 0.3 is 12.4 Å². The number of aromatic nitrogens is 1. The number of aryl methyl sites for hydroxylation is 1. The lowest BCUT2D eigenvalue weighted by atomic mass is 9.79. The Morgan fingerprint density at radius 3 is 2.23 bits per heavy atom. The first-order valence-corrected chi connectivity index (χ1v) is 13.1. The Hall–Kier alpha value is -3.40. The van der Waals surface area contributed by atoms with Crippen LogP contribution in [0.15, 0.2) is 60.8 Å². The largest absolute Gasteiger partial charge is 0.416 e. The number of hydrogen-bond acceptors (Lipinski definition) is 3. The number of hydrogen-bond donors (Lipinski definition) is 0. The van der Waals surface area contributed by atoms with E-state index in [1.54, 1.807) is 6.20 Å². The summed E-state index contributed by atoms with van der Waals surface area (Å²) < 4.78 is 81.2. The van der Waals surface area contributed by atoms with Gasteiger partial charge in [-0.05, 0) is 66.8 Å². The van der Waals surface area contributed by atoms with Gasteiger partial charge in [-0.2, -0.15) is 26.3 Å². The Labute approximate surface area is 228 Å². The Balaban J connectivity index is 1.58. The van der Waals surface area contributed by atoms with E-state index in [1.165, 1.54) is 4.90 Å². The van der Waals surface area contributed by atoms with Gasteiger partial charge in [0.15, 0.2) is 0 Å². The third-order valence-electron chi connectivity index (χ3n) is 7.79. The van der Waals surface area contributed by atoms with Crippen molar-refractivity contribution in [3.05, 3.63) is 99.9 Å². The van der Waals surface area contributed by atoms with Crippen molar-refractivity contribution in [3.8, 4) is 0 Å². The molecule has 3 heterocycles. The molecule has 0 radical (unpaired) electrons. The van der Waals surface area contributed by atoms with Crippen LogP contribution in [0, 0.1) is 12.8 Å². The second kappa shape index (κ2) is 10.5. The van der Waals surface area contributed by atoms with Crippen LogP contribution < -0.4 is 0 Å².